The second-order valence-electron chi connectivity index (χ2n) is 6.54. The fraction of sp³-hybridized carbons (Fsp3) is 0.421. The third-order valence-corrected chi connectivity index (χ3v) is 5.83. The van der Waals surface area contributed by atoms with Gasteiger partial charge >= 0.3 is 0 Å². The van der Waals surface area contributed by atoms with Crippen molar-refractivity contribution < 1.29 is 5.11 Å². The van der Waals surface area contributed by atoms with Gasteiger partial charge in [0, 0.05) is 54.0 Å². The number of aliphatic imine (C=N–C) groups is 1. The van der Waals surface area contributed by atoms with Crippen LogP contribution in [0.5, 0.6) is 0 Å². The number of nitrogens with zero attached hydrogens (tertiary/aromatic N) is 2. The summed E-state index contributed by atoms with van der Waals surface area (Å²) in [5.74, 6) is 1.10. The Kier molecular flexibility index (Phi) is 4.39. The number of hydrogen-bond donors (Lipinski definition) is 2. The fourth-order valence-corrected chi connectivity index (χ4v) is 4.66. The first-order chi connectivity index (χ1) is 11.7. The largest absolute Gasteiger partial charge is 0.396 e. The van der Waals surface area contributed by atoms with Gasteiger partial charge in [-0.05, 0) is 31.0 Å². The van der Waals surface area contributed by atoms with Crippen LogP contribution in [0.15, 0.2) is 35.3 Å². The number of piperazine rings is 1. The fourth-order valence-electron chi connectivity index (χ4n) is 3.61. The molecule has 0 radical (unpaired) electrons. The lowest BCUT2D eigenvalue weighted by molar-refractivity contribution is 0.223. The average molecular weight is 341 g/mol. The Morgan fingerprint density at radius 2 is 2.25 bits per heavy atom. The molecular formula is C19H23N3OS. The summed E-state index contributed by atoms with van der Waals surface area (Å²) in [6.45, 7) is 5.19. The minimum absolute atomic E-state index is 0.226. The molecule has 1 aromatic heterocycles. The third kappa shape index (κ3) is 2.99. The molecule has 24 heavy (non-hydrogen) atoms. The van der Waals surface area contributed by atoms with Gasteiger partial charge < -0.3 is 15.3 Å². The van der Waals surface area contributed by atoms with Crippen molar-refractivity contribution in [2.24, 2.45) is 4.99 Å². The first kappa shape index (κ1) is 15.8. The molecule has 0 spiro atoms. The zero-order valence-electron chi connectivity index (χ0n) is 14.0. The van der Waals surface area contributed by atoms with E-state index in [0.717, 1.165) is 44.0 Å². The van der Waals surface area contributed by atoms with Crippen LogP contribution in [-0.2, 0) is 6.42 Å². The van der Waals surface area contributed by atoms with Crippen LogP contribution in [0.1, 0.15) is 27.3 Å². The Bertz CT molecular complexity index is 766. The van der Waals surface area contributed by atoms with E-state index in [0.29, 0.717) is 6.04 Å². The summed E-state index contributed by atoms with van der Waals surface area (Å²) in [7, 11) is 0. The molecule has 2 N–H and O–H groups in total. The summed E-state index contributed by atoms with van der Waals surface area (Å²) >= 11 is 1.88. The van der Waals surface area contributed by atoms with Crippen molar-refractivity contribution >= 4 is 22.9 Å². The first-order valence-corrected chi connectivity index (χ1v) is 9.41. The van der Waals surface area contributed by atoms with Crippen molar-refractivity contribution in [3.05, 3.63) is 51.2 Å². The number of aryl methyl sites for hydroxylation is 1. The van der Waals surface area contributed by atoms with Gasteiger partial charge in [-0.2, -0.15) is 0 Å². The van der Waals surface area contributed by atoms with Gasteiger partial charge in [0.05, 0.1) is 5.69 Å². The van der Waals surface area contributed by atoms with Gasteiger partial charge in [0.2, 0.25) is 0 Å². The van der Waals surface area contributed by atoms with E-state index < -0.39 is 0 Å². The first-order valence-electron chi connectivity index (χ1n) is 8.60. The van der Waals surface area contributed by atoms with Crippen LogP contribution in [0.4, 0.5) is 5.69 Å². The highest BCUT2D eigenvalue weighted by molar-refractivity contribution is 7.12. The van der Waals surface area contributed by atoms with E-state index in [2.05, 4.69) is 47.5 Å². The normalized spacial score (nSPS) is 20.2. The number of para-hydroxylation sites is 1. The second kappa shape index (κ2) is 6.67. The molecule has 2 aliphatic heterocycles. The Morgan fingerprint density at radius 1 is 1.38 bits per heavy atom. The van der Waals surface area contributed by atoms with Crippen molar-refractivity contribution in [1.82, 2.24) is 10.2 Å². The van der Waals surface area contributed by atoms with Crippen LogP contribution >= 0.6 is 11.3 Å². The molecule has 2 aliphatic rings. The smallest absolute Gasteiger partial charge is 0.137 e. The molecule has 2 aromatic rings. The molecule has 1 fully saturated rings. The highest BCUT2D eigenvalue weighted by atomic mass is 32.1. The van der Waals surface area contributed by atoms with Crippen LogP contribution in [0.25, 0.3) is 0 Å². The zero-order chi connectivity index (χ0) is 16.5. The number of rotatable bonds is 2. The molecule has 1 aromatic carbocycles. The molecule has 0 aliphatic carbocycles. The van der Waals surface area contributed by atoms with Crippen molar-refractivity contribution in [3.8, 4) is 0 Å². The summed E-state index contributed by atoms with van der Waals surface area (Å²) in [4.78, 5) is 10.2. The Balaban J connectivity index is 1.75. The number of benzene rings is 1. The number of hydrogen-bond acceptors (Lipinski definition) is 5. The minimum atomic E-state index is 0.226. The molecule has 1 unspecified atom stereocenters. The summed E-state index contributed by atoms with van der Waals surface area (Å²) in [5.41, 5.74) is 3.68. The summed E-state index contributed by atoms with van der Waals surface area (Å²) in [6.07, 6.45) is 1.75. The number of thiophene rings is 1. The maximum absolute atomic E-state index is 9.26. The van der Waals surface area contributed by atoms with Crippen molar-refractivity contribution in [2.75, 3.05) is 26.2 Å². The van der Waals surface area contributed by atoms with Gasteiger partial charge in [-0.3, -0.25) is 0 Å². The topological polar surface area (TPSA) is 47.9 Å². The summed E-state index contributed by atoms with van der Waals surface area (Å²) < 4.78 is 0. The quantitative estimate of drug-likeness (QED) is 0.883. The summed E-state index contributed by atoms with van der Waals surface area (Å²) in [6, 6.07) is 11.1. The predicted molar refractivity (Wildman–Crippen MR) is 99.6 cm³/mol. The minimum Gasteiger partial charge on any atom is -0.396 e. The monoisotopic (exact) mass is 341 g/mol. The molecule has 5 heteroatoms. The van der Waals surface area contributed by atoms with E-state index >= 15 is 0 Å². The van der Waals surface area contributed by atoms with Crippen molar-refractivity contribution in [3.63, 3.8) is 0 Å². The molecule has 0 bridgehead atoms. The van der Waals surface area contributed by atoms with Crippen LogP contribution in [0, 0.1) is 6.92 Å². The molecule has 4 rings (SSSR count). The molecule has 0 saturated carbocycles. The Labute approximate surface area is 146 Å². The van der Waals surface area contributed by atoms with Crippen LogP contribution in [0.2, 0.25) is 0 Å². The molecule has 1 atom stereocenters. The van der Waals surface area contributed by atoms with Gasteiger partial charge in [0.25, 0.3) is 0 Å². The number of fused-ring (bicyclic) bond motifs is 2. The molecule has 1 saturated heterocycles. The SMILES string of the molecule is Cc1cc2c(s1)Cc1ccccc1N=C2N1CCNC(CCO)C1. The van der Waals surface area contributed by atoms with E-state index in [1.165, 1.54) is 20.9 Å². The highest BCUT2D eigenvalue weighted by Gasteiger charge is 2.27. The number of aliphatic hydroxyl groups excluding tert-OH is 1. The van der Waals surface area contributed by atoms with E-state index in [1.54, 1.807) is 0 Å². The van der Waals surface area contributed by atoms with Crippen LogP contribution in [0.3, 0.4) is 0 Å². The highest BCUT2D eigenvalue weighted by Crippen LogP contribution is 2.34. The van der Waals surface area contributed by atoms with Gasteiger partial charge in [0.15, 0.2) is 0 Å². The van der Waals surface area contributed by atoms with E-state index in [1.807, 2.05) is 11.3 Å². The summed E-state index contributed by atoms with van der Waals surface area (Å²) in [5, 5.41) is 12.8. The molecule has 0 amide bonds. The van der Waals surface area contributed by atoms with Gasteiger partial charge in [-0.25, -0.2) is 4.99 Å². The van der Waals surface area contributed by atoms with Crippen molar-refractivity contribution in [1.29, 1.82) is 0 Å². The lowest BCUT2D eigenvalue weighted by atomic mass is 10.1. The molecule has 4 nitrogen and oxygen atoms in total. The average Bonchev–Trinajstić information content (AvgIpc) is 2.87. The maximum Gasteiger partial charge on any atom is 0.137 e. The number of nitrogens with one attached hydrogen (secondary N) is 1. The Hall–Kier alpha value is -1.69. The number of aliphatic hydroxyl groups is 1. The molecular weight excluding hydrogens is 318 g/mol. The van der Waals surface area contributed by atoms with Gasteiger partial charge in [0.1, 0.15) is 5.84 Å². The van der Waals surface area contributed by atoms with Gasteiger partial charge in [-0.15, -0.1) is 11.3 Å². The van der Waals surface area contributed by atoms with E-state index in [-0.39, 0.29) is 6.61 Å². The van der Waals surface area contributed by atoms with Crippen LogP contribution < -0.4 is 5.32 Å². The standard InChI is InChI=1S/C19H23N3OS/c1-13-10-16-18(24-13)11-14-4-2-3-5-17(14)21-19(16)22-8-7-20-15(12-22)6-9-23/h2-5,10,15,20,23H,6-9,11-12H2,1H3. The maximum atomic E-state index is 9.26. The zero-order valence-corrected chi connectivity index (χ0v) is 14.8. The molecule has 126 valence electrons. The number of amidine groups is 1. The van der Waals surface area contributed by atoms with Crippen LogP contribution in [-0.4, -0.2) is 48.1 Å². The third-order valence-electron chi connectivity index (χ3n) is 4.77. The lowest BCUT2D eigenvalue weighted by Gasteiger charge is -2.35. The molecule has 3 heterocycles. The Morgan fingerprint density at radius 3 is 3.12 bits per heavy atom. The van der Waals surface area contributed by atoms with Gasteiger partial charge in [-0.1, -0.05) is 18.2 Å². The lowest BCUT2D eigenvalue weighted by Crippen LogP contribution is -2.53. The predicted octanol–water partition coefficient (Wildman–Crippen LogP) is 2.70. The van der Waals surface area contributed by atoms with E-state index in [9.17, 15) is 5.11 Å². The second-order valence-corrected chi connectivity index (χ2v) is 7.89. The van der Waals surface area contributed by atoms with Crippen molar-refractivity contribution in [2.45, 2.75) is 25.8 Å². The van der Waals surface area contributed by atoms with E-state index in [4.69, 9.17) is 4.99 Å².